The van der Waals surface area contributed by atoms with E-state index in [1.54, 1.807) is 40.2 Å². The Labute approximate surface area is 244 Å². The van der Waals surface area contributed by atoms with Gasteiger partial charge in [-0.2, -0.15) is 0 Å². The zero-order valence-corrected chi connectivity index (χ0v) is 26.4. The number of oxime groups is 4. The van der Waals surface area contributed by atoms with Gasteiger partial charge in [-0.3, -0.25) is 19.4 Å². The molecule has 0 heterocycles. The first-order valence-corrected chi connectivity index (χ1v) is 14.5. The Kier molecular flexibility index (Phi) is 17.9. The van der Waals surface area contributed by atoms with E-state index in [-0.39, 0.29) is 6.42 Å². The number of hydrogen-bond donors (Lipinski definition) is 0. The van der Waals surface area contributed by atoms with Crippen molar-refractivity contribution in [1.82, 2.24) is 17.2 Å². The Hall–Kier alpha value is -2.84. The van der Waals surface area contributed by atoms with E-state index in [0.717, 1.165) is 17.2 Å². The average Bonchev–Trinajstić information content (AvgIpc) is 2.90. The summed E-state index contributed by atoms with van der Waals surface area (Å²) in [5.41, 5.74) is 0.694. The van der Waals surface area contributed by atoms with E-state index in [9.17, 15) is 19.2 Å². The van der Waals surface area contributed by atoms with Crippen LogP contribution < -0.4 is 0 Å². The highest BCUT2D eigenvalue weighted by Crippen LogP contribution is 2.16. The molecule has 0 aromatic rings. The molecule has 0 N–H and O–H groups in total. The minimum absolute atomic E-state index is 0.117. The molecule has 16 nitrogen and oxygen atoms in total. The smallest absolute Gasteiger partial charge is 0.297 e. The van der Waals surface area contributed by atoms with Crippen LogP contribution in [-0.4, -0.2) is 104 Å². The largest absolute Gasteiger partial charge is 0.447 e. The molecule has 0 aliphatic carbocycles. The third-order valence-electron chi connectivity index (χ3n) is 3.68. The molecule has 0 aliphatic heterocycles. The van der Waals surface area contributed by atoms with Gasteiger partial charge in [0.15, 0.2) is 0 Å². The van der Waals surface area contributed by atoms with Crippen molar-refractivity contribution in [3.63, 3.8) is 0 Å². The number of hydrogen-bond acceptors (Lipinski definition) is 16. The molecule has 0 atom stereocenters. The monoisotopic (exact) mass is 628 g/mol. The van der Waals surface area contributed by atoms with Gasteiger partial charge < -0.3 is 0 Å². The van der Waals surface area contributed by atoms with Gasteiger partial charge in [-0.25, -0.2) is 36.4 Å². The van der Waals surface area contributed by atoms with Crippen LogP contribution in [0.4, 0.5) is 19.2 Å². The van der Waals surface area contributed by atoms with Crippen molar-refractivity contribution in [2.75, 3.05) is 40.7 Å². The Morgan fingerprint density at radius 2 is 0.795 bits per heavy atom. The molecule has 0 radical (unpaired) electrons. The summed E-state index contributed by atoms with van der Waals surface area (Å²) in [6.45, 7) is 6.49. The molecule has 0 rings (SSSR count). The van der Waals surface area contributed by atoms with Crippen molar-refractivity contribution < 1.29 is 38.5 Å². The highest BCUT2D eigenvalue weighted by atomic mass is 32.2. The minimum atomic E-state index is -0.862. The van der Waals surface area contributed by atoms with E-state index in [0.29, 0.717) is 45.8 Å². The van der Waals surface area contributed by atoms with E-state index >= 15 is 0 Å². The van der Waals surface area contributed by atoms with Gasteiger partial charge in [-0.1, -0.05) is 20.6 Å². The van der Waals surface area contributed by atoms with Crippen molar-refractivity contribution in [2.24, 2.45) is 20.6 Å². The van der Waals surface area contributed by atoms with Crippen LogP contribution >= 0.6 is 47.8 Å². The standard InChI is InChI=1S/C19H32N8O8S4/c1-12(20-32-16(28)24(5)38-26(7)18(30)34-22-14(3)36-9)11-13(2)21-33-17(29)25(6)39-27(8)19(31)35-23-15(4)37-10/h11H2,1-10H3/b20-12-,21-13+,22-14+,23-15+. The Balaban J connectivity index is 4.68. The van der Waals surface area contributed by atoms with Crippen LogP contribution in [0.1, 0.15) is 34.1 Å². The van der Waals surface area contributed by atoms with Gasteiger partial charge in [-0.05, 0) is 40.2 Å². The molecule has 0 saturated heterocycles. The van der Waals surface area contributed by atoms with E-state index in [2.05, 4.69) is 20.6 Å². The fraction of sp³-hybridized carbons (Fsp3) is 0.579. The summed E-state index contributed by atoms with van der Waals surface area (Å²) in [6.07, 6.45) is 0.372. The van der Waals surface area contributed by atoms with Gasteiger partial charge in [0.2, 0.25) is 0 Å². The normalized spacial score (nSPS) is 12.4. The van der Waals surface area contributed by atoms with Gasteiger partial charge in [-0.15, -0.1) is 23.5 Å². The summed E-state index contributed by atoms with van der Waals surface area (Å²) < 4.78 is 4.11. The number of carbonyl (C=O) groups excluding carboxylic acids is 4. The van der Waals surface area contributed by atoms with Crippen molar-refractivity contribution in [2.45, 2.75) is 34.1 Å². The predicted octanol–water partition coefficient (Wildman–Crippen LogP) is 4.92. The maximum Gasteiger partial charge on any atom is 0.447 e. The van der Waals surface area contributed by atoms with Crippen LogP contribution in [0.2, 0.25) is 0 Å². The third kappa shape index (κ3) is 16.0. The molecule has 0 bridgehead atoms. The summed E-state index contributed by atoms with van der Waals surface area (Å²) in [6, 6.07) is 0. The molecule has 20 heteroatoms. The zero-order chi connectivity index (χ0) is 30.1. The molecule has 0 spiro atoms. The van der Waals surface area contributed by atoms with Gasteiger partial charge >= 0.3 is 24.4 Å². The fourth-order valence-electron chi connectivity index (χ4n) is 1.68. The van der Waals surface area contributed by atoms with Crippen molar-refractivity contribution in [3.8, 4) is 0 Å². The molecule has 0 unspecified atom stereocenters. The number of rotatable bonds is 10. The second-order valence-corrected chi connectivity index (χ2v) is 11.6. The van der Waals surface area contributed by atoms with Gasteiger partial charge in [0.05, 0.1) is 35.7 Å². The molecule has 0 aromatic carbocycles. The summed E-state index contributed by atoms with van der Waals surface area (Å²) in [4.78, 5) is 67.2. The van der Waals surface area contributed by atoms with Gasteiger partial charge in [0.1, 0.15) is 10.1 Å². The molecule has 4 amide bonds. The topological polar surface area (TPSA) is 168 Å². The van der Waals surface area contributed by atoms with E-state index < -0.39 is 24.4 Å². The van der Waals surface area contributed by atoms with Gasteiger partial charge in [0.25, 0.3) is 0 Å². The van der Waals surface area contributed by atoms with Crippen molar-refractivity contribution in [1.29, 1.82) is 0 Å². The highest BCUT2D eigenvalue weighted by Gasteiger charge is 2.21. The highest BCUT2D eigenvalue weighted by molar-refractivity contribution is 8.13. The molecular weight excluding hydrogens is 597 g/mol. The quantitative estimate of drug-likeness (QED) is 0.105. The van der Waals surface area contributed by atoms with E-state index in [1.165, 1.54) is 51.7 Å². The SMILES string of the molecule is CS/C(C)=N/OC(=O)N(C)SN(C)C(=O)O/N=C(/C)C/C(C)=N/OC(=O)N(C)SN(C)C(=O)O/N=C(\C)SC. The number of amides is 4. The predicted molar refractivity (Wildman–Crippen MR) is 156 cm³/mol. The lowest BCUT2D eigenvalue weighted by Gasteiger charge is -2.19. The minimum Gasteiger partial charge on any atom is -0.297 e. The molecule has 0 fully saturated rings. The Morgan fingerprint density at radius 3 is 1.05 bits per heavy atom. The van der Waals surface area contributed by atoms with Crippen LogP contribution in [-0.2, 0) is 19.4 Å². The Bertz CT molecular complexity index is 919. The van der Waals surface area contributed by atoms with Crippen LogP contribution in [0.15, 0.2) is 20.6 Å². The first-order valence-electron chi connectivity index (χ1n) is 10.6. The zero-order valence-electron chi connectivity index (χ0n) is 23.2. The fourth-order valence-corrected chi connectivity index (χ4v) is 3.04. The van der Waals surface area contributed by atoms with Crippen LogP contribution in [0.5, 0.6) is 0 Å². The lowest BCUT2D eigenvalue weighted by molar-refractivity contribution is 0.130. The Morgan fingerprint density at radius 1 is 0.538 bits per heavy atom. The second kappa shape index (κ2) is 19.3. The number of carbonyl (C=O) groups is 4. The average molecular weight is 629 g/mol. The molecule has 220 valence electrons. The molecule has 0 aromatic heterocycles. The summed E-state index contributed by atoms with van der Waals surface area (Å²) in [5, 5.41) is 15.8. The second-order valence-electron chi connectivity index (χ2n) is 7.04. The number of thioether (sulfide) groups is 2. The molecular formula is C19H32N8O8S4. The van der Waals surface area contributed by atoms with Gasteiger partial charge in [0, 0.05) is 34.6 Å². The summed E-state index contributed by atoms with van der Waals surface area (Å²) in [7, 11) is 5.51. The molecule has 0 saturated carbocycles. The van der Waals surface area contributed by atoms with E-state index in [4.69, 9.17) is 19.4 Å². The maximum absolute atomic E-state index is 12.1. The van der Waals surface area contributed by atoms with E-state index in [1.807, 2.05) is 0 Å². The van der Waals surface area contributed by atoms with Crippen molar-refractivity contribution >= 4 is 93.7 Å². The first-order chi connectivity index (χ1) is 18.2. The van der Waals surface area contributed by atoms with Crippen molar-refractivity contribution in [3.05, 3.63) is 0 Å². The maximum atomic E-state index is 12.1. The van der Waals surface area contributed by atoms with Crippen LogP contribution in [0.3, 0.4) is 0 Å². The lowest BCUT2D eigenvalue weighted by atomic mass is 10.2. The lowest BCUT2D eigenvalue weighted by Crippen LogP contribution is -2.29. The first kappa shape index (κ1) is 36.2. The third-order valence-corrected chi connectivity index (χ3v) is 6.59. The summed E-state index contributed by atoms with van der Waals surface area (Å²) in [5.74, 6) is 0. The number of nitrogens with zero attached hydrogens (tertiary/aromatic N) is 8. The van der Waals surface area contributed by atoms with Crippen LogP contribution in [0, 0.1) is 0 Å². The molecule has 0 aliphatic rings. The summed E-state index contributed by atoms with van der Waals surface area (Å²) >= 11 is 4.05. The molecule has 39 heavy (non-hydrogen) atoms. The van der Waals surface area contributed by atoms with Crippen LogP contribution in [0.25, 0.3) is 0 Å².